The lowest BCUT2D eigenvalue weighted by atomic mass is 9.43. The Morgan fingerprint density at radius 2 is 1.78 bits per heavy atom. The van der Waals surface area contributed by atoms with Gasteiger partial charge in [-0.05, 0) is 85.5 Å². The molecule has 3 heteroatoms. The van der Waals surface area contributed by atoms with Crippen LogP contribution < -0.4 is 0 Å². The average molecular weight is 373 g/mol. The number of hydrogen-bond acceptors (Lipinski definition) is 3. The van der Waals surface area contributed by atoms with E-state index in [0.29, 0.717) is 28.4 Å². The maximum Gasteiger partial charge on any atom is 0.111 e. The zero-order chi connectivity index (χ0) is 18.9. The van der Waals surface area contributed by atoms with Gasteiger partial charge in [-0.15, -0.1) is 0 Å². The molecule has 0 saturated heterocycles. The van der Waals surface area contributed by atoms with E-state index in [1.165, 1.54) is 64.2 Å². The molecule has 5 fully saturated rings. The molecule has 0 aromatic heterocycles. The molecule has 6 rings (SSSR count). The minimum Gasteiger partial charge on any atom is -0.512 e. The number of methoxy groups -OCH3 is 1. The Morgan fingerprint density at radius 3 is 2.48 bits per heavy atom. The molecule has 6 aliphatic carbocycles. The lowest BCUT2D eigenvalue weighted by molar-refractivity contribution is -0.218. The van der Waals surface area contributed by atoms with Gasteiger partial charge in [0.1, 0.15) is 11.7 Å². The van der Waals surface area contributed by atoms with Gasteiger partial charge < -0.3 is 14.9 Å². The summed E-state index contributed by atoms with van der Waals surface area (Å²) in [6.45, 7) is 4.91. The van der Waals surface area contributed by atoms with Crippen LogP contribution in [0.1, 0.15) is 78.1 Å². The van der Waals surface area contributed by atoms with Crippen molar-refractivity contribution >= 4 is 0 Å². The third kappa shape index (κ3) is 1.51. The van der Waals surface area contributed by atoms with Crippen molar-refractivity contribution in [3.63, 3.8) is 0 Å². The molecule has 0 aliphatic heterocycles. The summed E-state index contributed by atoms with van der Waals surface area (Å²) in [7, 11) is 1.70. The van der Waals surface area contributed by atoms with Crippen molar-refractivity contribution in [2.45, 2.75) is 89.8 Å². The molecule has 2 spiro atoms. The Balaban J connectivity index is 1.52. The molecular formula is C24H36O3. The summed E-state index contributed by atoms with van der Waals surface area (Å²) in [6, 6.07) is 0. The maximum atomic E-state index is 12.2. The minimum absolute atomic E-state index is 0.105. The first-order chi connectivity index (χ1) is 12.8. The Morgan fingerprint density at radius 1 is 1.04 bits per heavy atom. The Labute approximate surface area is 163 Å². The molecule has 8 atom stereocenters. The van der Waals surface area contributed by atoms with E-state index < -0.39 is 5.60 Å². The van der Waals surface area contributed by atoms with E-state index in [1.54, 1.807) is 7.11 Å². The normalized spacial score (nSPS) is 59.8. The smallest absolute Gasteiger partial charge is 0.111 e. The minimum atomic E-state index is -0.937. The van der Waals surface area contributed by atoms with Crippen molar-refractivity contribution in [2.24, 2.45) is 39.4 Å². The number of rotatable bonds is 1. The lowest BCUT2D eigenvalue weighted by Gasteiger charge is -2.62. The van der Waals surface area contributed by atoms with Crippen LogP contribution in [0.2, 0.25) is 0 Å². The number of ether oxygens (including phenoxy) is 1. The molecule has 27 heavy (non-hydrogen) atoms. The highest BCUT2D eigenvalue weighted by molar-refractivity contribution is 5.41. The van der Waals surface area contributed by atoms with Crippen LogP contribution in [0.15, 0.2) is 11.8 Å². The van der Waals surface area contributed by atoms with E-state index in [4.69, 9.17) is 4.74 Å². The highest BCUT2D eigenvalue weighted by atomic mass is 16.5. The molecule has 0 amide bonds. The van der Waals surface area contributed by atoms with Crippen LogP contribution in [0.3, 0.4) is 0 Å². The molecule has 150 valence electrons. The van der Waals surface area contributed by atoms with E-state index in [-0.39, 0.29) is 22.9 Å². The predicted octanol–water partition coefficient (Wildman–Crippen LogP) is 4.99. The van der Waals surface area contributed by atoms with Crippen LogP contribution in [0.4, 0.5) is 0 Å². The summed E-state index contributed by atoms with van der Waals surface area (Å²) in [5.74, 6) is 1.25. The van der Waals surface area contributed by atoms with Gasteiger partial charge in [0.2, 0.25) is 0 Å². The van der Waals surface area contributed by atoms with Crippen molar-refractivity contribution in [2.75, 3.05) is 7.11 Å². The molecule has 0 aromatic carbocycles. The summed E-state index contributed by atoms with van der Waals surface area (Å²) < 4.78 is 5.78. The summed E-state index contributed by atoms with van der Waals surface area (Å²) in [5, 5.41) is 23.1. The fourth-order valence-electron chi connectivity index (χ4n) is 10.6. The second-order valence-corrected chi connectivity index (χ2v) is 11.7. The monoisotopic (exact) mass is 372 g/mol. The van der Waals surface area contributed by atoms with E-state index in [9.17, 15) is 10.2 Å². The Bertz CT molecular complexity index is 723. The van der Waals surface area contributed by atoms with Crippen LogP contribution in [-0.2, 0) is 4.74 Å². The first-order valence-corrected chi connectivity index (χ1v) is 11.4. The van der Waals surface area contributed by atoms with E-state index in [2.05, 4.69) is 13.8 Å². The zero-order valence-electron chi connectivity index (χ0n) is 17.3. The van der Waals surface area contributed by atoms with Gasteiger partial charge in [-0.2, -0.15) is 0 Å². The van der Waals surface area contributed by atoms with E-state index >= 15 is 0 Å². The Hall–Kier alpha value is -0.540. The Kier molecular flexibility index (Phi) is 3.07. The first-order valence-electron chi connectivity index (χ1n) is 11.4. The highest BCUT2D eigenvalue weighted by Crippen LogP contribution is 2.87. The number of aliphatic hydroxyl groups is 2. The van der Waals surface area contributed by atoms with Gasteiger partial charge in [-0.3, -0.25) is 0 Å². The molecular weight excluding hydrogens is 336 g/mol. The highest BCUT2D eigenvalue weighted by Gasteiger charge is 2.87. The second-order valence-electron chi connectivity index (χ2n) is 11.7. The third-order valence-corrected chi connectivity index (χ3v) is 11.8. The standard InChI is InChI=1S/C24H36O3/c1-20-15-6-9-23(11-10-22(14-23)7-4-5-8-22)21(20,2)16(12-15)19-17(25)13-18(27-3)24(19,20)26/h13,15-16,18-19,25-26H,4-12,14H2,1-3H3. The fourth-order valence-corrected chi connectivity index (χ4v) is 10.6. The van der Waals surface area contributed by atoms with E-state index in [1.807, 2.05) is 6.08 Å². The fraction of sp³-hybridized carbons (Fsp3) is 0.917. The molecule has 0 aromatic rings. The maximum absolute atomic E-state index is 12.2. The lowest BCUT2D eigenvalue weighted by Crippen LogP contribution is -2.64. The molecule has 2 N–H and O–H groups in total. The van der Waals surface area contributed by atoms with Crippen molar-refractivity contribution in [3.05, 3.63) is 11.8 Å². The number of fused-ring (bicyclic) bond motifs is 2. The van der Waals surface area contributed by atoms with Gasteiger partial charge in [0.15, 0.2) is 0 Å². The summed E-state index contributed by atoms with van der Waals surface area (Å²) in [5.41, 5.74) is -0.0628. The van der Waals surface area contributed by atoms with Crippen molar-refractivity contribution in [1.82, 2.24) is 0 Å². The van der Waals surface area contributed by atoms with Gasteiger partial charge in [0.25, 0.3) is 0 Å². The van der Waals surface area contributed by atoms with Crippen molar-refractivity contribution in [1.29, 1.82) is 0 Å². The van der Waals surface area contributed by atoms with Gasteiger partial charge >= 0.3 is 0 Å². The average Bonchev–Trinajstić information content (AvgIpc) is 3.37. The van der Waals surface area contributed by atoms with Gasteiger partial charge in [-0.1, -0.05) is 26.7 Å². The van der Waals surface area contributed by atoms with Crippen molar-refractivity contribution in [3.8, 4) is 0 Å². The summed E-state index contributed by atoms with van der Waals surface area (Å²) in [6.07, 6.45) is 15.0. The number of hydrogen-bond donors (Lipinski definition) is 2. The molecule has 3 nitrogen and oxygen atoms in total. The van der Waals surface area contributed by atoms with Crippen LogP contribution in [0.5, 0.6) is 0 Å². The predicted molar refractivity (Wildman–Crippen MR) is 104 cm³/mol. The first kappa shape index (κ1) is 17.3. The third-order valence-electron chi connectivity index (χ3n) is 11.8. The van der Waals surface area contributed by atoms with Crippen LogP contribution >= 0.6 is 0 Å². The zero-order valence-corrected chi connectivity index (χ0v) is 17.3. The van der Waals surface area contributed by atoms with Crippen LogP contribution in [-0.4, -0.2) is 29.0 Å². The second kappa shape index (κ2) is 4.78. The summed E-state index contributed by atoms with van der Waals surface area (Å²) in [4.78, 5) is 0. The molecule has 4 bridgehead atoms. The SMILES string of the molecule is COC1C=C(O)C2C3CC4CCC5(CCC6(CCCC6)C5)C3(C)C4(C)C12O. The topological polar surface area (TPSA) is 49.7 Å². The largest absolute Gasteiger partial charge is 0.512 e. The molecule has 0 heterocycles. The quantitative estimate of drug-likeness (QED) is 0.682. The van der Waals surface area contributed by atoms with Crippen LogP contribution in [0.25, 0.3) is 0 Å². The number of aliphatic hydroxyl groups excluding tert-OH is 1. The summed E-state index contributed by atoms with van der Waals surface area (Å²) >= 11 is 0. The molecule has 6 aliphatic rings. The molecule has 8 unspecified atom stereocenters. The van der Waals surface area contributed by atoms with Crippen LogP contribution in [0, 0.1) is 39.4 Å². The van der Waals surface area contributed by atoms with Gasteiger partial charge in [-0.25, -0.2) is 0 Å². The van der Waals surface area contributed by atoms with Gasteiger partial charge in [0, 0.05) is 12.5 Å². The molecule has 0 radical (unpaired) electrons. The molecule has 5 saturated carbocycles. The van der Waals surface area contributed by atoms with Crippen molar-refractivity contribution < 1.29 is 14.9 Å². The van der Waals surface area contributed by atoms with Gasteiger partial charge in [0.05, 0.1) is 11.7 Å². The van der Waals surface area contributed by atoms with E-state index in [0.717, 1.165) is 0 Å².